The minimum Gasteiger partial charge on any atom is -0.362 e. The second-order valence-electron chi connectivity index (χ2n) is 5.09. The van der Waals surface area contributed by atoms with Crippen LogP contribution in [-0.4, -0.2) is 16.6 Å². The third-order valence-electron chi connectivity index (χ3n) is 3.85. The summed E-state index contributed by atoms with van der Waals surface area (Å²) in [6, 6.07) is 5.75. The van der Waals surface area contributed by atoms with Crippen LogP contribution in [0, 0.1) is 17.8 Å². The number of fused-ring (bicyclic) bond motifs is 2. The minimum atomic E-state index is 0.667. The van der Waals surface area contributed by atoms with Crippen molar-refractivity contribution in [3.05, 3.63) is 36.5 Å². The second-order valence-corrected chi connectivity index (χ2v) is 5.50. The van der Waals surface area contributed by atoms with Crippen molar-refractivity contribution in [3.63, 3.8) is 0 Å². The molecular weight excluding hydrogens is 242 g/mol. The van der Waals surface area contributed by atoms with Gasteiger partial charge in [-0.25, -0.2) is 4.98 Å². The molecule has 2 aliphatic carbocycles. The summed E-state index contributed by atoms with van der Waals surface area (Å²) in [6.45, 7) is 0.962. The molecule has 3 nitrogen and oxygen atoms in total. The maximum atomic E-state index is 5.28. The fraction of sp³-hybridized carbons (Fsp3) is 0.429. The van der Waals surface area contributed by atoms with Crippen molar-refractivity contribution in [2.45, 2.75) is 12.8 Å². The van der Waals surface area contributed by atoms with Gasteiger partial charge in [-0.15, -0.1) is 0 Å². The van der Waals surface area contributed by atoms with Gasteiger partial charge in [-0.05, 0) is 54.9 Å². The Labute approximate surface area is 113 Å². The highest BCUT2D eigenvalue weighted by Gasteiger charge is 2.35. The lowest BCUT2D eigenvalue weighted by Crippen LogP contribution is -2.34. The van der Waals surface area contributed by atoms with E-state index < -0.39 is 0 Å². The largest absolute Gasteiger partial charge is 0.362 e. The molecule has 0 radical (unpaired) electrons. The van der Waals surface area contributed by atoms with Crippen molar-refractivity contribution < 1.29 is 0 Å². The van der Waals surface area contributed by atoms with Crippen molar-refractivity contribution in [2.75, 3.05) is 11.9 Å². The molecule has 2 N–H and O–H groups in total. The zero-order valence-corrected chi connectivity index (χ0v) is 11.0. The zero-order chi connectivity index (χ0) is 12.4. The number of nitrogens with one attached hydrogen (secondary N) is 2. The molecule has 18 heavy (non-hydrogen) atoms. The quantitative estimate of drug-likeness (QED) is 0.646. The van der Waals surface area contributed by atoms with E-state index in [1.54, 1.807) is 6.20 Å². The number of anilines is 1. The standard InChI is InChI=1S/C14H17N3S/c18-14(17-13-3-1-2-6-15-13)16-9-12-8-10-4-5-11(12)7-10/h1-6,10-12H,7-9H2,(H2,15,16,17,18). The predicted octanol–water partition coefficient (Wildman–Crippen LogP) is 2.58. The Morgan fingerprint density at radius 3 is 2.94 bits per heavy atom. The first-order chi connectivity index (χ1) is 8.81. The predicted molar refractivity (Wildman–Crippen MR) is 77.3 cm³/mol. The summed E-state index contributed by atoms with van der Waals surface area (Å²) in [7, 11) is 0. The van der Waals surface area contributed by atoms with Gasteiger partial charge in [0.25, 0.3) is 0 Å². The molecule has 1 aromatic heterocycles. The van der Waals surface area contributed by atoms with Gasteiger partial charge < -0.3 is 10.6 Å². The lowest BCUT2D eigenvalue weighted by atomic mass is 9.94. The van der Waals surface area contributed by atoms with Crippen LogP contribution in [0.5, 0.6) is 0 Å². The van der Waals surface area contributed by atoms with Gasteiger partial charge in [-0.3, -0.25) is 0 Å². The number of hydrogen-bond acceptors (Lipinski definition) is 2. The van der Waals surface area contributed by atoms with E-state index in [0.717, 1.165) is 30.1 Å². The van der Waals surface area contributed by atoms with E-state index in [9.17, 15) is 0 Å². The molecule has 0 spiro atoms. The van der Waals surface area contributed by atoms with E-state index in [4.69, 9.17) is 12.2 Å². The number of nitrogens with zero attached hydrogens (tertiary/aromatic N) is 1. The zero-order valence-electron chi connectivity index (χ0n) is 10.2. The Morgan fingerprint density at radius 2 is 2.28 bits per heavy atom. The van der Waals surface area contributed by atoms with Gasteiger partial charge in [0.05, 0.1) is 0 Å². The van der Waals surface area contributed by atoms with Crippen molar-refractivity contribution in [3.8, 4) is 0 Å². The monoisotopic (exact) mass is 259 g/mol. The van der Waals surface area contributed by atoms with Crippen molar-refractivity contribution in [2.24, 2.45) is 17.8 Å². The first-order valence-corrected chi connectivity index (χ1v) is 6.86. The molecule has 2 bridgehead atoms. The van der Waals surface area contributed by atoms with E-state index in [0.29, 0.717) is 5.11 Å². The number of pyridine rings is 1. The van der Waals surface area contributed by atoms with Gasteiger partial charge in [0.15, 0.2) is 5.11 Å². The van der Waals surface area contributed by atoms with E-state index in [2.05, 4.69) is 27.8 Å². The molecule has 3 rings (SSSR count). The molecule has 3 unspecified atom stereocenters. The fourth-order valence-corrected chi connectivity index (χ4v) is 3.14. The average molecular weight is 259 g/mol. The minimum absolute atomic E-state index is 0.667. The molecule has 0 saturated heterocycles. The van der Waals surface area contributed by atoms with E-state index in [1.807, 2.05) is 18.2 Å². The van der Waals surface area contributed by atoms with Crippen molar-refractivity contribution in [1.82, 2.24) is 10.3 Å². The van der Waals surface area contributed by atoms with E-state index in [-0.39, 0.29) is 0 Å². The lowest BCUT2D eigenvalue weighted by Gasteiger charge is -2.19. The first kappa shape index (κ1) is 11.7. The third-order valence-corrected chi connectivity index (χ3v) is 4.09. The number of hydrogen-bond donors (Lipinski definition) is 2. The Hall–Kier alpha value is -1.42. The molecule has 0 amide bonds. The van der Waals surface area contributed by atoms with Gasteiger partial charge in [-0.1, -0.05) is 18.2 Å². The molecule has 2 aliphatic rings. The van der Waals surface area contributed by atoms with Gasteiger partial charge in [-0.2, -0.15) is 0 Å². The van der Waals surface area contributed by atoms with Crippen molar-refractivity contribution >= 4 is 23.1 Å². The van der Waals surface area contributed by atoms with Crippen LogP contribution in [0.2, 0.25) is 0 Å². The van der Waals surface area contributed by atoms with Gasteiger partial charge >= 0.3 is 0 Å². The van der Waals surface area contributed by atoms with Crippen molar-refractivity contribution in [1.29, 1.82) is 0 Å². The number of aromatic nitrogens is 1. The molecule has 1 saturated carbocycles. The molecular formula is C14H17N3S. The van der Waals surface area contributed by atoms with Gasteiger partial charge in [0.2, 0.25) is 0 Å². The molecule has 0 aromatic carbocycles. The van der Waals surface area contributed by atoms with Crippen LogP contribution >= 0.6 is 12.2 Å². The summed E-state index contributed by atoms with van der Waals surface area (Å²) < 4.78 is 0. The maximum absolute atomic E-state index is 5.28. The highest BCUT2D eigenvalue weighted by molar-refractivity contribution is 7.80. The van der Waals surface area contributed by atoms with Crippen LogP contribution in [0.4, 0.5) is 5.82 Å². The molecule has 94 valence electrons. The Morgan fingerprint density at radius 1 is 1.33 bits per heavy atom. The smallest absolute Gasteiger partial charge is 0.171 e. The third kappa shape index (κ3) is 2.53. The lowest BCUT2D eigenvalue weighted by molar-refractivity contribution is 0.443. The Bertz CT molecular complexity index is 457. The summed E-state index contributed by atoms with van der Waals surface area (Å²) in [5, 5.41) is 7.07. The van der Waals surface area contributed by atoms with Crippen LogP contribution in [-0.2, 0) is 0 Å². The van der Waals surface area contributed by atoms with Crippen LogP contribution < -0.4 is 10.6 Å². The fourth-order valence-electron chi connectivity index (χ4n) is 2.95. The molecule has 4 heteroatoms. The number of thiocarbonyl (C=S) groups is 1. The van der Waals surface area contributed by atoms with E-state index >= 15 is 0 Å². The van der Waals surface area contributed by atoms with E-state index in [1.165, 1.54) is 12.8 Å². The maximum Gasteiger partial charge on any atom is 0.171 e. The molecule has 3 atom stereocenters. The normalized spacial score (nSPS) is 28.3. The molecule has 1 heterocycles. The molecule has 0 aliphatic heterocycles. The summed E-state index contributed by atoms with van der Waals surface area (Å²) >= 11 is 5.28. The van der Waals surface area contributed by atoms with Crippen LogP contribution in [0.15, 0.2) is 36.5 Å². The highest BCUT2D eigenvalue weighted by Crippen LogP contribution is 2.42. The SMILES string of the molecule is S=C(NCC1CC2C=CC1C2)Nc1ccccn1. The Kier molecular flexibility index (Phi) is 3.28. The van der Waals surface area contributed by atoms with Crippen LogP contribution in [0.3, 0.4) is 0 Å². The van der Waals surface area contributed by atoms with Crippen LogP contribution in [0.25, 0.3) is 0 Å². The number of allylic oxidation sites excluding steroid dienone is 2. The summed E-state index contributed by atoms with van der Waals surface area (Å²) in [6.07, 6.45) is 9.14. The molecule has 1 fully saturated rings. The summed E-state index contributed by atoms with van der Waals surface area (Å²) in [5.41, 5.74) is 0. The Balaban J connectivity index is 1.46. The summed E-state index contributed by atoms with van der Waals surface area (Å²) in [5.74, 6) is 3.12. The van der Waals surface area contributed by atoms with Gasteiger partial charge in [0.1, 0.15) is 5.82 Å². The van der Waals surface area contributed by atoms with Crippen LogP contribution in [0.1, 0.15) is 12.8 Å². The topological polar surface area (TPSA) is 37.0 Å². The summed E-state index contributed by atoms with van der Waals surface area (Å²) in [4.78, 5) is 4.19. The van der Waals surface area contributed by atoms with Gasteiger partial charge in [0, 0.05) is 12.7 Å². The molecule has 1 aromatic rings. The highest BCUT2D eigenvalue weighted by atomic mass is 32.1. The average Bonchev–Trinajstić information content (AvgIpc) is 3.00. The first-order valence-electron chi connectivity index (χ1n) is 6.45. The number of rotatable bonds is 3. The second kappa shape index (κ2) is 5.06.